The summed E-state index contributed by atoms with van der Waals surface area (Å²) in [4.78, 5) is 0.571. The third kappa shape index (κ3) is 3.57. The zero-order chi connectivity index (χ0) is 14.0. The summed E-state index contributed by atoms with van der Waals surface area (Å²) in [6, 6.07) is 13.0. The van der Waals surface area contributed by atoms with Crippen molar-refractivity contribution in [3.8, 4) is 11.1 Å². The van der Waals surface area contributed by atoms with Crippen molar-refractivity contribution in [1.82, 2.24) is 0 Å². The largest absolute Gasteiger partial charge is 0.261 e. The molecule has 2 aromatic rings. The fourth-order valence-corrected chi connectivity index (χ4v) is 2.99. The molecule has 0 fully saturated rings. The van der Waals surface area contributed by atoms with Crippen molar-refractivity contribution in [2.75, 3.05) is 0 Å². The van der Waals surface area contributed by atoms with E-state index in [0.29, 0.717) is 4.90 Å². The highest BCUT2D eigenvalue weighted by Gasteiger charge is 2.09. The molecule has 7 heteroatoms. The van der Waals surface area contributed by atoms with Gasteiger partial charge in [0.2, 0.25) is 0 Å². The van der Waals surface area contributed by atoms with Crippen LogP contribution in [0.25, 0.3) is 11.1 Å². The fourth-order valence-electron chi connectivity index (χ4n) is 1.56. The maximum atomic E-state index is 11.1. The molecule has 2 rings (SSSR count). The van der Waals surface area contributed by atoms with Gasteiger partial charge >= 0.3 is 0 Å². The highest BCUT2D eigenvalue weighted by molar-refractivity contribution is 8.13. The Morgan fingerprint density at radius 2 is 1.26 bits per heavy atom. The standard InChI is InChI=1S/C12H8Cl2O3S2/c13-18(15)11-5-1-9(2-6-11)10-3-7-12(8-4-10)19(14,16)17/h1-8H. The van der Waals surface area contributed by atoms with Crippen LogP contribution in [0.4, 0.5) is 0 Å². The van der Waals surface area contributed by atoms with Crippen LogP contribution in [-0.4, -0.2) is 12.6 Å². The van der Waals surface area contributed by atoms with Gasteiger partial charge in [-0.25, -0.2) is 12.6 Å². The maximum Gasteiger partial charge on any atom is 0.261 e. The molecule has 1 unspecified atom stereocenters. The lowest BCUT2D eigenvalue weighted by Gasteiger charge is -2.03. The normalized spacial score (nSPS) is 13.2. The Bertz CT molecular complexity index is 708. The van der Waals surface area contributed by atoms with Crippen molar-refractivity contribution in [2.45, 2.75) is 9.79 Å². The van der Waals surface area contributed by atoms with Gasteiger partial charge in [-0.1, -0.05) is 24.3 Å². The van der Waals surface area contributed by atoms with Gasteiger partial charge in [-0.2, -0.15) is 0 Å². The Balaban J connectivity index is 2.35. The molecule has 100 valence electrons. The SMILES string of the molecule is O=S(Cl)c1ccc(-c2ccc(S(=O)(=O)Cl)cc2)cc1. The summed E-state index contributed by atoms with van der Waals surface area (Å²) in [6.07, 6.45) is 0. The van der Waals surface area contributed by atoms with E-state index in [1.165, 1.54) is 12.1 Å². The molecular weight excluding hydrogens is 327 g/mol. The smallest absolute Gasteiger partial charge is 0.237 e. The van der Waals surface area contributed by atoms with Crippen molar-refractivity contribution >= 4 is 40.4 Å². The van der Waals surface area contributed by atoms with Crippen LogP contribution >= 0.6 is 21.4 Å². The molecule has 0 spiro atoms. The van der Waals surface area contributed by atoms with Gasteiger partial charge in [0.15, 0.2) is 0 Å². The van der Waals surface area contributed by atoms with Crippen molar-refractivity contribution < 1.29 is 12.6 Å². The molecule has 0 aliphatic rings. The molecule has 0 aliphatic carbocycles. The third-order valence-electron chi connectivity index (χ3n) is 2.51. The summed E-state index contributed by atoms with van der Waals surface area (Å²) >= 11 is 0. The lowest BCUT2D eigenvalue weighted by Crippen LogP contribution is -1.90. The Morgan fingerprint density at radius 3 is 1.63 bits per heavy atom. The van der Waals surface area contributed by atoms with Crippen molar-refractivity contribution in [3.63, 3.8) is 0 Å². The van der Waals surface area contributed by atoms with Crippen molar-refractivity contribution in [3.05, 3.63) is 48.5 Å². The summed E-state index contributed by atoms with van der Waals surface area (Å²) in [7, 11) is 5.46. The van der Waals surface area contributed by atoms with E-state index in [4.69, 9.17) is 21.4 Å². The molecule has 0 aromatic heterocycles. The molecule has 0 amide bonds. The number of halogens is 2. The lowest BCUT2D eigenvalue weighted by molar-refractivity contribution is 0.609. The van der Waals surface area contributed by atoms with Crippen LogP contribution in [0.1, 0.15) is 0 Å². The van der Waals surface area contributed by atoms with Crippen molar-refractivity contribution in [1.29, 1.82) is 0 Å². The third-order valence-corrected chi connectivity index (χ3v) is 5.06. The molecule has 19 heavy (non-hydrogen) atoms. The summed E-state index contributed by atoms with van der Waals surface area (Å²) in [5.74, 6) is 0. The van der Waals surface area contributed by atoms with Crippen LogP contribution in [0.5, 0.6) is 0 Å². The van der Waals surface area contributed by atoms with E-state index in [1.807, 2.05) is 0 Å². The second-order valence-electron chi connectivity index (χ2n) is 3.71. The number of rotatable bonds is 3. The Hall–Kier alpha value is -0.880. The molecule has 0 bridgehead atoms. The van der Waals surface area contributed by atoms with Crippen molar-refractivity contribution in [2.24, 2.45) is 0 Å². The van der Waals surface area contributed by atoms with E-state index in [-0.39, 0.29) is 4.90 Å². The first-order valence-electron chi connectivity index (χ1n) is 5.11. The minimum Gasteiger partial charge on any atom is -0.237 e. The highest BCUT2D eigenvalue weighted by Crippen LogP contribution is 2.24. The number of hydrogen-bond donors (Lipinski definition) is 0. The Labute approximate surface area is 122 Å². The average molecular weight is 335 g/mol. The van der Waals surface area contributed by atoms with E-state index < -0.39 is 19.1 Å². The molecule has 0 aliphatic heterocycles. The molecule has 0 saturated carbocycles. The van der Waals surface area contributed by atoms with E-state index in [0.717, 1.165) is 11.1 Å². The van der Waals surface area contributed by atoms with Gasteiger partial charge in [-0.15, -0.1) is 0 Å². The van der Waals surface area contributed by atoms with Gasteiger partial charge in [0.25, 0.3) is 9.05 Å². The quantitative estimate of drug-likeness (QED) is 0.806. The molecule has 0 N–H and O–H groups in total. The summed E-state index contributed by atoms with van der Waals surface area (Å²) in [5, 5.41) is 0. The molecule has 1 atom stereocenters. The van der Waals surface area contributed by atoms with Gasteiger partial charge in [0, 0.05) is 10.7 Å². The average Bonchev–Trinajstić information content (AvgIpc) is 2.38. The van der Waals surface area contributed by atoms with E-state index in [9.17, 15) is 12.6 Å². The van der Waals surface area contributed by atoms with E-state index >= 15 is 0 Å². The second kappa shape index (κ2) is 5.63. The minimum atomic E-state index is -3.71. The molecule has 2 aromatic carbocycles. The highest BCUT2D eigenvalue weighted by atomic mass is 35.7. The molecule has 0 saturated heterocycles. The Morgan fingerprint density at radius 1 is 0.842 bits per heavy atom. The van der Waals surface area contributed by atoms with Crippen LogP contribution in [0.3, 0.4) is 0 Å². The Kier molecular flexibility index (Phi) is 4.30. The van der Waals surface area contributed by atoms with Gasteiger partial charge in [-0.3, -0.25) is 0 Å². The zero-order valence-electron chi connectivity index (χ0n) is 9.42. The van der Waals surface area contributed by atoms with Gasteiger partial charge in [-0.05, 0) is 46.1 Å². The van der Waals surface area contributed by atoms with Gasteiger partial charge in [0.05, 0.1) is 9.79 Å². The predicted molar refractivity (Wildman–Crippen MR) is 77.2 cm³/mol. The molecule has 0 radical (unpaired) electrons. The molecule has 3 nitrogen and oxygen atoms in total. The predicted octanol–water partition coefficient (Wildman–Crippen LogP) is 3.54. The summed E-state index contributed by atoms with van der Waals surface area (Å²) in [6.45, 7) is 0. The van der Waals surface area contributed by atoms with Crippen LogP contribution in [-0.2, 0) is 19.1 Å². The number of hydrogen-bond acceptors (Lipinski definition) is 3. The fraction of sp³-hybridized carbons (Fsp3) is 0. The lowest BCUT2D eigenvalue weighted by atomic mass is 10.1. The maximum absolute atomic E-state index is 11.1. The second-order valence-corrected chi connectivity index (χ2v) is 8.04. The first-order chi connectivity index (χ1) is 8.88. The summed E-state index contributed by atoms with van der Waals surface area (Å²) in [5.41, 5.74) is 1.69. The van der Waals surface area contributed by atoms with Gasteiger partial charge < -0.3 is 0 Å². The van der Waals surface area contributed by atoms with E-state index in [2.05, 4.69) is 0 Å². The van der Waals surface area contributed by atoms with Crippen LogP contribution in [0.15, 0.2) is 58.3 Å². The van der Waals surface area contributed by atoms with E-state index in [1.54, 1.807) is 36.4 Å². The molecule has 0 heterocycles. The first kappa shape index (κ1) is 14.5. The summed E-state index contributed by atoms with van der Waals surface area (Å²) < 4.78 is 33.3. The van der Waals surface area contributed by atoms with Gasteiger partial charge in [0.1, 0.15) is 10.0 Å². The molecular formula is C12H8Cl2O3S2. The zero-order valence-corrected chi connectivity index (χ0v) is 12.6. The topological polar surface area (TPSA) is 51.2 Å². The monoisotopic (exact) mass is 334 g/mol. The van der Waals surface area contributed by atoms with Crippen LogP contribution < -0.4 is 0 Å². The minimum absolute atomic E-state index is 0.0522. The van der Waals surface area contributed by atoms with Crippen LogP contribution in [0, 0.1) is 0 Å². The first-order valence-corrected chi connectivity index (χ1v) is 9.39. The number of benzene rings is 2. The van der Waals surface area contributed by atoms with Crippen LogP contribution in [0.2, 0.25) is 0 Å².